The molecular weight excluding hydrogens is 134 g/mol. The van der Waals surface area contributed by atoms with Gasteiger partial charge in [-0.25, -0.2) is 0 Å². The van der Waals surface area contributed by atoms with E-state index in [0.717, 1.165) is 5.92 Å². The first kappa shape index (κ1) is 9.05. The predicted molar refractivity (Wildman–Crippen MR) is 49.7 cm³/mol. The Labute approximate surface area is 70.8 Å². The Morgan fingerprint density at radius 2 is 2.09 bits per heavy atom. The van der Waals surface area contributed by atoms with Crippen molar-refractivity contribution >= 4 is 0 Å². The Morgan fingerprint density at radius 1 is 1.45 bits per heavy atom. The summed E-state index contributed by atoms with van der Waals surface area (Å²) >= 11 is 0. The van der Waals surface area contributed by atoms with Crippen molar-refractivity contribution < 1.29 is 0 Å². The van der Waals surface area contributed by atoms with Crippen molar-refractivity contribution in [1.29, 1.82) is 0 Å². The number of hydrogen-bond donors (Lipinski definition) is 0. The summed E-state index contributed by atoms with van der Waals surface area (Å²) in [5, 5.41) is 0. The van der Waals surface area contributed by atoms with Crippen molar-refractivity contribution in [3.8, 4) is 0 Å². The maximum Gasteiger partial charge on any atom is 0.0203 e. The zero-order valence-corrected chi connectivity index (χ0v) is 8.35. The van der Waals surface area contributed by atoms with E-state index in [2.05, 4.69) is 32.8 Å². The minimum Gasteiger partial charge on any atom is -0.304 e. The summed E-state index contributed by atoms with van der Waals surface area (Å²) in [5.74, 6) is 0.942. The summed E-state index contributed by atoms with van der Waals surface area (Å²) < 4.78 is 0. The third kappa shape index (κ3) is 1.58. The van der Waals surface area contributed by atoms with Crippen LogP contribution in [-0.4, -0.2) is 24.5 Å². The molecule has 0 aromatic rings. The van der Waals surface area contributed by atoms with E-state index in [1.54, 1.807) is 0 Å². The van der Waals surface area contributed by atoms with Crippen LogP contribution in [0.4, 0.5) is 0 Å². The van der Waals surface area contributed by atoms with Gasteiger partial charge in [-0.3, -0.25) is 0 Å². The van der Waals surface area contributed by atoms with Gasteiger partial charge in [-0.1, -0.05) is 13.8 Å². The second-order valence-corrected chi connectivity index (χ2v) is 4.32. The molecule has 0 N–H and O–H groups in total. The number of nitrogens with zero attached hydrogens (tertiary/aromatic N) is 1. The van der Waals surface area contributed by atoms with Gasteiger partial charge in [-0.15, -0.1) is 0 Å². The van der Waals surface area contributed by atoms with Gasteiger partial charge in [0, 0.05) is 5.54 Å². The Kier molecular flexibility index (Phi) is 2.58. The highest BCUT2D eigenvalue weighted by Gasteiger charge is 2.37. The Bertz CT molecular complexity index is 131. The van der Waals surface area contributed by atoms with Gasteiger partial charge in [0.2, 0.25) is 0 Å². The van der Waals surface area contributed by atoms with Crippen molar-refractivity contribution in [3.63, 3.8) is 0 Å². The van der Waals surface area contributed by atoms with Crippen molar-refractivity contribution in [2.24, 2.45) is 5.92 Å². The monoisotopic (exact) mass is 155 g/mol. The van der Waals surface area contributed by atoms with Crippen LogP contribution in [-0.2, 0) is 0 Å². The Balaban J connectivity index is 2.62. The summed E-state index contributed by atoms with van der Waals surface area (Å²) in [6, 6.07) is 0. The summed E-state index contributed by atoms with van der Waals surface area (Å²) in [7, 11) is 4.45. The third-order valence-corrected chi connectivity index (χ3v) is 3.44. The van der Waals surface area contributed by atoms with Gasteiger partial charge in [0.15, 0.2) is 0 Å². The van der Waals surface area contributed by atoms with Gasteiger partial charge < -0.3 is 4.90 Å². The molecule has 1 heteroatoms. The molecule has 0 radical (unpaired) electrons. The molecule has 1 aliphatic carbocycles. The first-order valence-corrected chi connectivity index (χ1v) is 4.78. The average molecular weight is 155 g/mol. The maximum atomic E-state index is 2.43. The van der Waals surface area contributed by atoms with Crippen LogP contribution >= 0.6 is 0 Å². The van der Waals surface area contributed by atoms with Crippen molar-refractivity contribution in [1.82, 2.24) is 4.90 Å². The lowest BCUT2D eigenvalue weighted by Gasteiger charge is -2.35. The fourth-order valence-electron chi connectivity index (χ4n) is 2.41. The standard InChI is InChI=1S/C10H21N/c1-5-10(11(3)4)7-6-9(2)8-10/h9H,5-8H2,1-4H3/t9?,10-/m1/s1. The van der Waals surface area contributed by atoms with Crippen LogP contribution in [0.2, 0.25) is 0 Å². The molecule has 0 heterocycles. The molecule has 0 amide bonds. The fraction of sp³-hybridized carbons (Fsp3) is 1.00. The lowest BCUT2D eigenvalue weighted by atomic mass is 9.92. The molecule has 0 saturated heterocycles. The molecule has 66 valence electrons. The van der Waals surface area contributed by atoms with E-state index < -0.39 is 0 Å². The highest BCUT2D eigenvalue weighted by Crippen LogP contribution is 2.39. The first-order chi connectivity index (χ1) is 5.10. The molecular formula is C10H21N. The normalized spacial score (nSPS) is 38.5. The fourth-order valence-corrected chi connectivity index (χ4v) is 2.41. The van der Waals surface area contributed by atoms with Crippen LogP contribution in [0, 0.1) is 5.92 Å². The van der Waals surface area contributed by atoms with Gasteiger partial charge in [0.05, 0.1) is 0 Å². The molecule has 0 spiro atoms. The van der Waals surface area contributed by atoms with Crippen LogP contribution in [0.5, 0.6) is 0 Å². The zero-order chi connectivity index (χ0) is 8.48. The van der Waals surface area contributed by atoms with Crippen LogP contribution in [0.1, 0.15) is 39.5 Å². The van der Waals surface area contributed by atoms with Crippen LogP contribution in [0.3, 0.4) is 0 Å². The zero-order valence-electron chi connectivity index (χ0n) is 8.35. The summed E-state index contributed by atoms with van der Waals surface area (Å²) in [4.78, 5) is 2.43. The van der Waals surface area contributed by atoms with Crippen molar-refractivity contribution in [3.05, 3.63) is 0 Å². The van der Waals surface area contributed by atoms with E-state index in [-0.39, 0.29) is 0 Å². The molecule has 1 saturated carbocycles. The average Bonchev–Trinajstić information content (AvgIpc) is 2.33. The van der Waals surface area contributed by atoms with Gasteiger partial charge in [0.25, 0.3) is 0 Å². The molecule has 2 atom stereocenters. The molecule has 1 fully saturated rings. The molecule has 11 heavy (non-hydrogen) atoms. The predicted octanol–water partition coefficient (Wildman–Crippen LogP) is 2.52. The van der Waals surface area contributed by atoms with Crippen LogP contribution in [0.25, 0.3) is 0 Å². The molecule has 1 aliphatic rings. The molecule has 0 aromatic heterocycles. The van der Waals surface area contributed by atoms with Gasteiger partial charge >= 0.3 is 0 Å². The SMILES string of the molecule is CC[C@@]1(N(C)C)CCC(C)C1. The minimum absolute atomic E-state index is 0.541. The highest BCUT2D eigenvalue weighted by atomic mass is 15.1. The van der Waals surface area contributed by atoms with Gasteiger partial charge in [-0.2, -0.15) is 0 Å². The number of rotatable bonds is 2. The van der Waals surface area contributed by atoms with Crippen LogP contribution in [0.15, 0.2) is 0 Å². The molecule has 0 aliphatic heterocycles. The van der Waals surface area contributed by atoms with E-state index in [1.165, 1.54) is 25.7 Å². The van der Waals surface area contributed by atoms with Crippen molar-refractivity contribution in [2.45, 2.75) is 45.1 Å². The number of hydrogen-bond acceptors (Lipinski definition) is 1. The smallest absolute Gasteiger partial charge is 0.0203 e. The van der Waals surface area contributed by atoms with E-state index in [0.29, 0.717) is 5.54 Å². The lowest BCUT2D eigenvalue weighted by molar-refractivity contribution is 0.147. The van der Waals surface area contributed by atoms with Gasteiger partial charge in [-0.05, 0) is 45.7 Å². The summed E-state index contributed by atoms with van der Waals surface area (Å²) in [6.07, 6.45) is 5.53. The summed E-state index contributed by atoms with van der Waals surface area (Å²) in [6.45, 7) is 4.69. The maximum absolute atomic E-state index is 2.43. The lowest BCUT2D eigenvalue weighted by Crippen LogP contribution is -2.41. The van der Waals surface area contributed by atoms with E-state index >= 15 is 0 Å². The quantitative estimate of drug-likeness (QED) is 0.592. The molecule has 1 rings (SSSR count). The minimum atomic E-state index is 0.541. The third-order valence-electron chi connectivity index (χ3n) is 3.44. The Hall–Kier alpha value is -0.0400. The molecule has 0 bridgehead atoms. The molecule has 1 nitrogen and oxygen atoms in total. The van der Waals surface area contributed by atoms with Crippen molar-refractivity contribution in [2.75, 3.05) is 14.1 Å². The molecule has 1 unspecified atom stereocenters. The largest absolute Gasteiger partial charge is 0.304 e. The second-order valence-electron chi connectivity index (χ2n) is 4.32. The highest BCUT2D eigenvalue weighted by molar-refractivity contribution is 4.93. The van der Waals surface area contributed by atoms with E-state index in [1.807, 2.05) is 0 Å². The Morgan fingerprint density at radius 3 is 2.27 bits per heavy atom. The molecule has 0 aromatic carbocycles. The van der Waals surface area contributed by atoms with Gasteiger partial charge in [0.1, 0.15) is 0 Å². The second kappa shape index (κ2) is 3.14. The van der Waals surface area contributed by atoms with E-state index in [4.69, 9.17) is 0 Å². The first-order valence-electron chi connectivity index (χ1n) is 4.78. The summed E-state index contributed by atoms with van der Waals surface area (Å²) in [5.41, 5.74) is 0.541. The van der Waals surface area contributed by atoms with Crippen LogP contribution < -0.4 is 0 Å². The van der Waals surface area contributed by atoms with E-state index in [9.17, 15) is 0 Å². The topological polar surface area (TPSA) is 3.24 Å².